The molecule has 2 aromatic heterocycles. The Morgan fingerprint density at radius 2 is 1.76 bits per heavy atom. The number of benzene rings is 1. The van der Waals surface area contributed by atoms with Crippen molar-refractivity contribution in [1.29, 1.82) is 0 Å². The number of aliphatic hydroxyl groups is 1. The minimum atomic E-state index is -4.49. The second-order valence-electron chi connectivity index (χ2n) is 8.29. The molecule has 1 aliphatic heterocycles. The minimum Gasteiger partial charge on any atom is -0.483 e. The van der Waals surface area contributed by atoms with Crippen LogP contribution in [0.25, 0.3) is 11.3 Å². The summed E-state index contributed by atoms with van der Waals surface area (Å²) in [6, 6.07) is 7.79. The summed E-state index contributed by atoms with van der Waals surface area (Å²) >= 11 is 0. The van der Waals surface area contributed by atoms with Gasteiger partial charge in [0.25, 0.3) is 5.91 Å². The summed E-state index contributed by atoms with van der Waals surface area (Å²) in [6.45, 7) is 1.85. The molecule has 3 aromatic rings. The quantitative estimate of drug-likeness (QED) is 0.556. The molecule has 34 heavy (non-hydrogen) atoms. The molecule has 1 amide bonds. The van der Waals surface area contributed by atoms with Crippen LogP contribution in [0.15, 0.2) is 48.9 Å². The van der Waals surface area contributed by atoms with Crippen LogP contribution in [0, 0.1) is 0 Å². The Bertz CT molecular complexity index is 1190. The van der Waals surface area contributed by atoms with Gasteiger partial charge in [0.05, 0.1) is 30.2 Å². The summed E-state index contributed by atoms with van der Waals surface area (Å²) in [7, 11) is 0. The zero-order valence-electron chi connectivity index (χ0n) is 18.3. The average molecular weight is 474 g/mol. The lowest BCUT2D eigenvalue weighted by Gasteiger charge is -2.18. The van der Waals surface area contributed by atoms with E-state index < -0.39 is 18.4 Å². The van der Waals surface area contributed by atoms with E-state index in [-0.39, 0.29) is 36.5 Å². The second-order valence-corrected chi connectivity index (χ2v) is 8.29. The van der Waals surface area contributed by atoms with Crippen LogP contribution >= 0.6 is 0 Å². The van der Waals surface area contributed by atoms with E-state index in [4.69, 9.17) is 9.47 Å². The van der Waals surface area contributed by atoms with Crippen LogP contribution in [-0.4, -0.2) is 51.0 Å². The van der Waals surface area contributed by atoms with E-state index in [1.807, 2.05) is 0 Å². The fourth-order valence-corrected chi connectivity index (χ4v) is 3.37. The lowest BCUT2D eigenvalue weighted by Crippen LogP contribution is -2.28. The largest absolute Gasteiger partial charge is 0.483 e. The molecule has 0 aliphatic carbocycles. The van der Waals surface area contributed by atoms with Gasteiger partial charge in [-0.05, 0) is 32.0 Å². The summed E-state index contributed by atoms with van der Waals surface area (Å²) in [6.07, 6.45) is -0.351. The van der Waals surface area contributed by atoms with Crippen LogP contribution in [0.3, 0.4) is 0 Å². The second kappa shape index (κ2) is 8.90. The first kappa shape index (κ1) is 23.4. The van der Waals surface area contributed by atoms with Crippen molar-refractivity contribution in [3.8, 4) is 22.9 Å². The lowest BCUT2D eigenvalue weighted by molar-refractivity contribution is -0.153. The van der Waals surface area contributed by atoms with Gasteiger partial charge in [-0.2, -0.15) is 13.2 Å². The molecule has 1 aliphatic rings. The van der Waals surface area contributed by atoms with E-state index in [2.05, 4.69) is 15.0 Å². The Morgan fingerprint density at radius 3 is 2.44 bits per heavy atom. The number of hydrogen-bond acceptors (Lipinski definition) is 7. The van der Waals surface area contributed by atoms with Gasteiger partial charge in [-0.1, -0.05) is 12.1 Å². The first-order valence-electron chi connectivity index (χ1n) is 10.3. The van der Waals surface area contributed by atoms with Gasteiger partial charge in [0.15, 0.2) is 12.4 Å². The number of hydrogen-bond donors (Lipinski definition) is 1. The van der Waals surface area contributed by atoms with Gasteiger partial charge in [-0.3, -0.25) is 14.7 Å². The molecule has 0 bridgehead atoms. The highest BCUT2D eigenvalue weighted by molar-refractivity contribution is 6.10. The number of carbonyl (C=O) groups excluding carboxylic acids is 1. The molecule has 178 valence electrons. The van der Waals surface area contributed by atoms with Crippen LogP contribution in [0.2, 0.25) is 0 Å². The van der Waals surface area contributed by atoms with Crippen LogP contribution in [0.4, 0.5) is 19.0 Å². The van der Waals surface area contributed by atoms with Gasteiger partial charge in [0.1, 0.15) is 12.4 Å². The highest BCUT2D eigenvalue weighted by Crippen LogP contribution is 2.37. The number of para-hydroxylation sites is 1. The molecule has 0 spiro atoms. The summed E-state index contributed by atoms with van der Waals surface area (Å²) in [5.74, 6) is 0.129. The fourth-order valence-electron chi connectivity index (χ4n) is 3.37. The zero-order chi connectivity index (χ0) is 24.5. The van der Waals surface area contributed by atoms with Gasteiger partial charge >= 0.3 is 6.18 Å². The molecule has 8 nitrogen and oxygen atoms in total. The summed E-state index contributed by atoms with van der Waals surface area (Å²) in [5, 5.41) is 9.76. The van der Waals surface area contributed by atoms with Crippen molar-refractivity contribution < 1.29 is 32.5 Å². The van der Waals surface area contributed by atoms with E-state index in [1.165, 1.54) is 29.6 Å². The average Bonchev–Trinajstić information content (AvgIpc) is 3.12. The smallest absolute Gasteiger partial charge is 0.422 e. The van der Waals surface area contributed by atoms with Crippen molar-refractivity contribution in [2.75, 3.05) is 18.1 Å². The number of pyridine rings is 1. The van der Waals surface area contributed by atoms with Crippen molar-refractivity contribution in [1.82, 2.24) is 15.0 Å². The number of anilines is 1. The topological polar surface area (TPSA) is 97.7 Å². The van der Waals surface area contributed by atoms with Crippen LogP contribution in [0.1, 0.15) is 29.8 Å². The van der Waals surface area contributed by atoms with E-state index in [0.29, 0.717) is 22.4 Å². The van der Waals surface area contributed by atoms with Crippen molar-refractivity contribution in [3.63, 3.8) is 0 Å². The van der Waals surface area contributed by atoms with Crippen LogP contribution < -0.4 is 14.4 Å². The van der Waals surface area contributed by atoms with Crippen molar-refractivity contribution in [2.45, 2.75) is 32.2 Å². The highest BCUT2D eigenvalue weighted by atomic mass is 19.4. The number of amides is 1. The maximum Gasteiger partial charge on any atom is 0.422 e. The van der Waals surface area contributed by atoms with Crippen LogP contribution in [-0.2, 0) is 6.54 Å². The molecule has 3 heterocycles. The molecule has 0 saturated carbocycles. The molecular formula is C23H21F3N4O4. The normalized spacial score (nSPS) is 13.7. The zero-order valence-corrected chi connectivity index (χ0v) is 18.3. The molecule has 1 N–H and O–H groups in total. The number of aromatic nitrogens is 3. The molecule has 4 rings (SSSR count). The number of ether oxygens (including phenoxy) is 2. The highest BCUT2D eigenvalue weighted by Gasteiger charge is 2.33. The number of nitrogens with zero attached hydrogens (tertiary/aromatic N) is 4. The molecule has 0 saturated heterocycles. The third-order valence-corrected chi connectivity index (χ3v) is 4.85. The predicted octanol–water partition coefficient (Wildman–Crippen LogP) is 3.79. The van der Waals surface area contributed by atoms with Crippen LogP contribution in [0.5, 0.6) is 11.6 Å². The fraction of sp³-hybridized carbons (Fsp3) is 0.304. The van der Waals surface area contributed by atoms with Gasteiger partial charge in [-0.25, -0.2) is 9.97 Å². The maximum absolute atomic E-state index is 13.1. The molecule has 0 atom stereocenters. The molecular weight excluding hydrogens is 453 g/mol. The Morgan fingerprint density at radius 1 is 1.00 bits per heavy atom. The van der Waals surface area contributed by atoms with Gasteiger partial charge in [-0.15, -0.1) is 0 Å². The maximum atomic E-state index is 13.1. The van der Waals surface area contributed by atoms with Gasteiger partial charge in [0.2, 0.25) is 5.88 Å². The Labute approximate surface area is 193 Å². The molecule has 0 radical (unpaired) electrons. The number of alkyl halides is 3. The number of halogens is 3. The first-order valence-corrected chi connectivity index (χ1v) is 10.3. The summed E-state index contributed by atoms with van der Waals surface area (Å²) in [4.78, 5) is 27.1. The summed E-state index contributed by atoms with van der Waals surface area (Å²) in [5.41, 5.74) is 0.555. The number of fused-ring (bicyclic) bond motifs is 1. The minimum absolute atomic E-state index is 0.0136. The number of rotatable bonds is 7. The number of carbonyl (C=O) groups is 1. The Kier molecular flexibility index (Phi) is 6.13. The summed E-state index contributed by atoms with van der Waals surface area (Å²) < 4.78 is 48.5. The third kappa shape index (κ3) is 5.25. The van der Waals surface area contributed by atoms with E-state index in [0.717, 1.165) is 0 Å². The molecule has 1 aromatic carbocycles. The molecule has 11 heteroatoms. The first-order chi connectivity index (χ1) is 16.0. The van der Waals surface area contributed by atoms with E-state index in [1.54, 1.807) is 38.1 Å². The van der Waals surface area contributed by atoms with Crippen molar-refractivity contribution in [2.24, 2.45) is 0 Å². The standard InChI is InChI=1S/C23H21F3N4O4/c1-22(2,32)12-34-19-10-28-18(9-29-19)30-11-16-14(21(30)31)7-8-27-20(16)15-5-3-4-6-17(15)33-13-23(24,25)26/h3-10,32H,11-13H2,1-2H3. The Hall–Kier alpha value is -3.73. The van der Waals surface area contributed by atoms with E-state index >= 15 is 0 Å². The van der Waals surface area contributed by atoms with E-state index in [9.17, 15) is 23.1 Å². The predicted molar refractivity (Wildman–Crippen MR) is 116 cm³/mol. The third-order valence-electron chi connectivity index (χ3n) is 4.85. The molecule has 0 fully saturated rings. The Balaban J connectivity index is 1.60. The van der Waals surface area contributed by atoms with Gasteiger partial charge < -0.3 is 14.6 Å². The lowest BCUT2D eigenvalue weighted by atomic mass is 10.0. The SMILES string of the molecule is CC(C)(O)COc1cnc(N2Cc3c(ccnc3-c3ccccc3OCC(F)(F)F)C2=O)cn1. The van der Waals surface area contributed by atoms with Gasteiger partial charge in [0, 0.05) is 22.9 Å². The van der Waals surface area contributed by atoms with Crippen molar-refractivity contribution >= 4 is 11.7 Å². The van der Waals surface area contributed by atoms with Crippen molar-refractivity contribution in [3.05, 3.63) is 60.0 Å². The molecule has 0 unspecified atom stereocenters. The monoisotopic (exact) mass is 474 g/mol.